The van der Waals surface area contributed by atoms with E-state index in [4.69, 9.17) is 10.8 Å². The molecule has 0 spiro atoms. The molecule has 1 heterocycles. The second-order valence-corrected chi connectivity index (χ2v) is 3.41. The summed E-state index contributed by atoms with van der Waals surface area (Å²) in [5, 5.41) is 8.93. The van der Waals surface area contributed by atoms with Crippen LogP contribution in [0.3, 0.4) is 0 Å². The Bertz CT molecular complexity index is 354. The summed E-state index contributed by atoms with van der Waals surface area (Å²) in [5.41, 5.74) is 6.41. The standard InChI is InChI=1S/C10H15N3O2/c1-7(6-14)13(2)10(15)8-5-12-4-3-9(8)11/h3-5,7,14H,6H2,1-2H3,(H2,11,12). The number of carbonyl (C=O) groups excluding carboxylic acids is 1. The van der Waals surface area contributed by atoms with Gasteiger partial charge in [-0.1, -0.05) is 0 Å². The molecular formula is C10H15N3O2. The fourth-order valence-electron chi connectivity index (χ4n) is 1.10. The molecular weight excluding hydrogens is 194 g/mol. The maximum absolute atomic E-state index is 11.9. The van der Waals surface area contributed by atoms with Gasteiger partial charge in [0.1, 0.15) is 0 Å². The molecule has 0 saturated carbocycles. The molecule has 1 rings (SSSR count). The van der Waals surface area contributed by atoms with E-state index in [-0.39, 0.29) is 18.6 Å². The van der Waals surface area contributed by atoms with E-state index >= 15 is 0 Å². The zero-order valence-electron chi connectivity index (χ0n) is 8.84. The summed E-state index contributed by atoms with van der Waals surface area (Å²) in [4.78, 5) is 17.1. The van der Waals surface area contributed by atoms with Gasteiger partial charge in [0.15, 0.2) is 0 Å². The monoisotopic (exact) mass is 209 g/mol. The summed E-state index contributed by atoms with van der Waals surface area (Å²) in [6.07, 6.45) is 2.96. The Morgan fingerprint density at radius 3 is 2.93 bits per heavy atom. The maximum Gasteiger partial charge on any atom is 0.257 e. The molecule has 0 aromatic carbocycles. The highest BCUT2D eigenvalue weighted by molar-refractivity contribution is 5.98. The van der Waals surface area contributed by atoms with Crippen LogP contribution >= 0.6 is 0 Å². The molecule has 1 aromatic rings. The van der Waals surface area contributed by atoms with Gasteiger partial charge in [0.25, 0.3) is 5.91 Å². The van der Waals surface area contributed by atoms with Gasteiger partial charge in [-0.3, -0.25) is 9.78 Å². The summed E-state index contributed by atoms with van der Waals surface area (Å²) in [6.45, 7) is 1.67. The van der Waals surface area contributed by atoms with E-state index in [0.29, 0.717) is 11.3 Å². The lowest BCUT2D eigenvalue weighted by Gasteiger charge is -2.23. The predicted molar refractivity (Wildman–Crippen MR) is 57.3 cm³/mol. The molecule has 0 aliphatic carbocycles. The van der Waals surface area contributed by atoms with Crippen molar-refractivity contribution in [3.05, 3.63) is 24.0 Å². The first-order valence-corrected chi connectivity index (χ1v) is 4.65. The number of aliphatic hydroxyl groups excluding tert-OH is 1. The number of pyridine rings is 1. The molecule has 0 aliphatic rings. The Hall–Kier alpha value is -1.62. The van der Waals surface area contributed by atoms with Gasteiger partial charge in [-0.15, -0.1) is 0 Å². The van der Waals surface area contributed by atoms with Crippen molar-refractivity contribution in [3.63, 3.8) is 0 Å². The number of anilines is 1. The zero-order chi connectivity index (χ0) is 11.4. The molecule has 15 heavy (non-hydrogen) atoms. The number of nitrogens with zero attached hydrogens (tertiary/aromatic N) is 2. The minimum atomic E-state index is -0.239. The molecule has 0 saturated heterocycles. The number of nitrogen functional groups attached to an aromatic ring is 1. The Morgan fingerprint density at radius 2 is 2.40 bits per heavy atom. The van der Waals surface area contributed by atoms with Crippen molar-refractivity contribution in [1.29, 1.82) is 0 Å². The molecule has 82 valence electrons. The summed E-state index contributed by atoms with van der Waals surface area (Å²) in [5.74, 6) is -0.234. The van der Waals surface area contributed by atoms with E-state index in [1.165, 1.54) is 17.3 Å². The molecule has 1 amide bonds. The van der Waals surface area contributed by atoms with Crippen LogP contribution in [0, 0.1) is 0 Å². The third-order valence-corrected chi connectivity index (χ3v) is 2.33. The molecule has 1 aromatic heterocycles. The largest absolute Gasteiger partial charge is 0.398 e. The minimum Gasteiger partial charge on any atom is -0.398 e. The molecule has 1 unspecified atom stereocenters. The van der Waals surface area contributed by atoms with Crippen LogP contribution in [0.5, 0.6) is 0 Å². The second kappa shape index (κ2) is 4.75. The van der Waals surface area contributed by atoms with Crippen molar-refractivity contribution in [2.75, 3.05) is 19.4 Å². The van der Waals surface area contributed by atoms with E-state index in [0.717, 1.165) is 0 Å². The number of aromatic nitrogens is 1. The number of rotatable bonds is 3. The van der Waals surface area contributed by atoms with Crippen LogP contribution in [0.2, 0.25) is 0 Å². The highest BCUT2D eigenvalue weighted by Gasteiger charge is 2.18. The first kappa shape index (κ1) is 11.5. The molecule has 0 fully saturated rings. The van der Waals surface area contributed by atoms with Gasteiger partial charge in [0.05, 0.1) is 18.2 Å². The lowest BCUT2D eigenvalue weighted by Crippen LogP contribution is -2.37. The van der Waals surface area contributed by atoms with Crippen molar-refractivity contribution in [2.24, 2.45) is 0 Å². The van der Waals surface area contributed by atoms with Crippen LogP contribution in [-0.2, 0) is 0 Å². The summed E-state index contributed by atoms with van der Waals surface area (Å²) in [7, 11) is 1.62. The number of hydrogen-bond donors (Lipinski definition) is 2. The Kier molecular flexibility index (Phi) is 3.62. The van der Waals surface area contributed by atoms with Gasteiger partial charge in [-0.2, -0.15) is 0 Å². The van der Waals surface area contributed by atoms with Crippen LogP contribution in [0.1, 0.15) is 17.3 Å². The SMILES string of the molecule is CC(CO)N(C)C(=O)c1cnccc1N. The smallest absolute Gasteiger partial charge is 0.257 e. The number of aliphatic hydroxyl groups is 1. The average Bonchev–Trinajstić information content (AvgIpc) is 2.26. The highest BCUT2D eigenvalue weighted by Crippen LogP contribution is 2.12. The van der Waals surface area contributed by atoms with Gasteiger partial charge in [-0.25, -0.2) is 0 Å². The second-order valence-electron chi connectivity index (χ2n) is 3.41. The summed E-state index contributed by atoms with van der Waals surface area (Å²) >= 11 is 0. The van der Waals surface area contributed by atoms with Crippen molar-refractivity contribution < 1.29 is 9.90 Å². The number of carbonyl (C=O) groups is 1. The van der Waals surface area contributed by atoms with E-state index in [9.17, 15) is 4.79 Å². The number of amides is 1. The van der Waals surface area contributed by atoms with Crippen LogP contribution in [0.15, 0.2) is 18.5 Å². The third-order valence-electron chi connectivity index (χ3n) is 2.33. The molecule has 0 bridgehead atoms. The minimum absolute atomic E-state index is 0.0809. The summed E-state index contributed by atoms with van der Waals surface area (Å²) in [6, 6.07) is 1.34. The zero-order valence-corrected chi connectivity index (χ0v) is 8.84. The number of hydrogen-bond acceptors (Lipinski definition) is 4. The van der Waals surface area contributed by atoms with E-state index in [1.807, 2.05) is 0 Å². The van der Waals surface area contributed by atoms with Crippen molar-refractivity contribution >= 4 is 11.6 Å². The Labute approximate surface area is 88.5 Å². The van der Waals surface area contributed by atoms with Gasteiger partial charge in [-0.05, 0) is 13.0 Å². The fourth-order valence-corrected chi connectivity index (χ4v) is 1.10. The van der Waals surface area contributed by atoms with Crippen LogP contribution in [0.25, 0.3) is 0 Å². The lowest BCUT2D eigenvalue weighted by molar-refractivity contribution is 0.0683. The van der Waals surface area contributed by atoms with Crippen molar-refractivity contribution in [2.45, 2.75) is 13.0 Å². The highest BCUT2D eigenvalue weighted by atomic mass is 16.3. The first-order valence-electron chi connectivity index (χ1n) is 4.65. The van der Waals surface area contributed by atoms with Gasteiger partial charge < -0.3 is 15.7 Å². The first-order chi connectivity index (χ1) is 7.07. The predicted octanol–water partition coefficient (Wildman–Crippen LogP) is 0.117. The van der Waals surface area contributed by atoms with E-state index in [2.05, 4.69) is 4.98 Å². The number of likely N-dealkylation sites (N-methyl/N-ethyl adjacent to an activating group) is 1. The fraction of sp³-hybridized carbons (Fsp3) is 0.400. The van der Waals surface area contributed by atoms with Gasteiger partial charge >= 0.3 is 0 Å². The van der Waals surface area contributed by atoms with Crippen molar-refractivity contribution in [3.8, 4) is 0 Å². The topological polar surface area (TPSA) is 79.5 Å². The summed E-state index contributed by atoms with van der Waals surface area (Å²) < 4.78 is 0. The molecule has 0 radical (unpaired) electrons. The van der Waals surface area contributed by atoms with Crippen LogP contribution in [0.4, 0.5) is 5.69 Å². The van der Waals surface area contributed by atoms with E-state index in [1.54, 1.807) is 20.0 Å². The Morgan fingerprint density at radius 1 is 1.73 bits per heavy atom. The molecule has 0 aliphatic heterocycles. The lowest BCUT2D eigenvalue weighted by atomic mass is 10.2. The Balaban J connectivity index is 2.90. The molecule has 1 atom stereocenters. The van der Waals surface area contributed by atoms with Gasteiger partial charge in [0, 0.05) is 25.1 Å². The molecule has 5 heteroatoms. The molecule has 3 N–H and O–H groups in total. The number of nitrogens with two attached hydrogens (primary N) is 1. The quantitative estimate of drug-likeness (QED) is 0.740. The average molecular weight is 209 g/mol. The maximum atomic E-state index is 11.9. The van der Waals surface area contributed by atoms with Crippen LogP contribution in [-0.4, -0.2) is 40.6 Å². The molecule has 5 nitrogen and oxygen atoms in total. The third kappa shape index (κ3) is 2.44. The van der Waals surface area contributed by atoms with Gasteiger partial charge in [0.2, 0.25) is 0 Å². The normalized spacial score (nSPS) is 12.2. The van der Waals surface area contributed by atoms with E-state index < -0.39 is 0 Å². The van der Waals surface area contributed by atoms with Crippen LogP contribution < -0.4 is 5.73 Å². The van der Waals surface area contributed by atoms with Crippen molar-refractivity contribution in [1.82, 2.24) is 9.88 Å².